The van der Waals surface area contributed by atoms with E-state index in [4.69, 9.17) is 5.11 Å². The van der Waals surface area contributed by atoms with Gasteiger partial charge in [-0.05, 0) is 6.42 Å². The SMILES string of the molecule is O=c1[nH]cc([C@H]2C[C@H](O)[C@H](CO)N2)c(=O)[nH]1. The van der Waals surface area contributed by atoms with Crippen molar-refractivity contribution in [2.45, 2.75) is 24.6 Å². The van der Waals surface area contributed by atoms with E-state index in [1.54, 1.807) is 0 Å². The van der Waals surface area contributed by atoms with Gasteiger partial charge in [-0.3, -0.25) is 9.78 Å². The number of hydrogen-bond donors (Lipinski definition) is 5. The maximum Gasteiger partial charge on any atom is 0.325 e. The molecule has 0 amide bonds. The van der Waals surface area contributed by atoms with Crippen molar-refractivity contribution in [3.05, 3.63) is 32.6 Å². The number of aromatic nitrogens is 2. The summed E-state index contributed by atoms with van der Waals surface area (Å²) >= 11 is 0. The van der Waals surface area contributed by atoms with Crippen LogP contribution in [-0.2, 0) is 0 Å². The minimum atomic E-state index is -0.693. The highest BCUT2D eigenvalue weighted by molar-refractivity contribution is 5.13. The quantitative estimate of drug-likeness (QED) is 0.393. The molecule has 2 heterocycles. The molecule has 5 N–H and O–H groups in total. The Labute approximate surface area is 90.2 Å². The monoisotopic (exact) mass is 227 g/mol. The first-order chi connectivity index (χ1) is 7.61. The van der Waals surface area contributed by atoms with Gasteiger partial charge in [0.05, 0.1) is 24.3 Å². The molecule has 0 bridgehead atoms. The molecule has 16 heavy (non-hydrogen) atoms. The van der Waals surface area contributed by atoms with Gasteiger partial charge in [-0.25, -0.2) is 4.79 Å². The van der Waals surface area contributed by atoms with Gasteiger partial charge in [-0.2, -0.15) is 0 Å². The fourth-order valence-electron chi connectivity index (χ4n) is 1.91. The van der Waals surface area contributed by atoms with E-state index in [0.717, 1.165) is 0 Å². The summed E-state index contributed by atoms with van der Waals surface area (Å²) in [6.45, 7) is -0.196. The van der Waals surface area contributed by atoms with Gasteiger partial charge in [0.25, 0.3) is 5.56 Å². The minimum absolute atomic E-state index is 0.196. The van der Waals surface area contributed by atoms with Crippen LogP contribution >= 0.6 is 0 Å². The Kier molecular flexibility index (Phi) is 2.90. The van der Waals surface area contributed by atoms with Gasteiger partial charge in [-0.1, -0.05) is 0 Å². The molecule has 0 spiro atoms. The summed E-state index contributed by atoms with van der Waals surface area (Å²) < 4.78 is 0. The van der Waals surface area contributed by atoms with Gasteiger partial charge in [0, 0.05) is 12.2 Å². The molecule has 0 saturated carbocycles. The lowest BCUT2D eigenvalue weighted by Crippen LogP contribution is -2.36. The van der Waals surface area contributed by atoms with Crippen molar-refractivity contribution in [3.63, 3.8) is 0 Å². The molecule has 0 aliphatic carbocycles. The summed E-state index contributed by atoms with van der Waals surface area (Å²) in [5, 5.41) is 21.4. The number of hydrogen-bond acceptors (Lipinski definition) is 5. The van der Waals surface area contributed by atoms with Gasteiger partial charge in [0.1, 0.15) is 0 Å². The Balaban J connectivity index is 2.27. The largest absolute Gasteiger partial charge is 0.395 e. The third kappa shape index (κ3) is 1.92. The fourth-order valence-corrected chi connectivity index (χ4v) is 1.91. The molecule has 1 aliphatic heterocycles. The Morgan fingerprint density at radius 1 is 1.44 bits per heavy atom. The van der Waals surface area contributed by atoms with Gasteiger partial charge in [0.2, 0.25) is 0 Å². The molecule has 88 valence electrons. The maximum atomic E-state index is 11.5. The van der Waals surface area contributed by atoms with Crippen LogP contribution in [-0.4, -0.2) is 38.9 Å². The van der Waals surface area contributed by atoms with Gasteiger partial charge in [0.15, 0.2) is 0 Å². The maximum absolute atomic E-state index is 11.5. The minimum Gasteiger partial charge on any atom is -0.395 e. The topological polar surface area (TPSA) is 118 Å². The molecular formula is C9H13N3O4. The van der Waals surface area contributed by atoms with Crippen LogP contribution in [0.4, 0.5) is 0 Å². The highest BCUT2D eigenvalue weighted by Crippen LogP contribution is 2.23. The standard InChI is InChI=1S/C9H13N3O4/c13-3-6-7(14)1-5(11-6)4-2-10-9(16)12-8(4)15/h2,5-7,11,13-14H,1,3H2,(H2,10,12,15,16)/t5-,6+,7+/m1/s1. The van der Waals surface area contributed by atoms with Crippen LogP contribution in [0, 0.1) is 0 Å². The number of aromatic amines is 2. The lowest BCUT2D eigenvalue weighted by molar-refractivity contribution is 0.121. The molecule has 1 aliphatic rings. The number of aliphatic hydroxyl groups excluding tert-OH is 2. The fraction of sp³-hybridized carbons (Fsp3) is 0.556. The molecule has 0 unspecified atom stereocenters. The Morgan fingerprint density at radius 2 is 2.19 bits per heavy atom. The van der Waals surface area contributed by atoms with E-state index in [9.17, 15) is 14.7 Å². The molecule has 7 heteroatoms. The number of rotatable bonds is 2. The first kappa shape index (κ1) is 11.1. The molecular weight excluding hydrogens is 214 g/mol. The normalized spacial score (nSPS) is 29.5. The molecule has 1 aromatic heterocycles. The average Bonchev–Trinajstić information content (AvgIpc) is 2.59. The first-order valence-electron chi connectivity index (χ1n) is 4.98. The molecule has 0 aromatic carbocycles. The summed E-state index contributed by atoms with van der Waals surface area (Å²) in [6, 6.07) is -0.788. The van der Waals surface area contributed by atoms with E-state index in [0.29, 0.717) is 12.0 Å². The zero-order valence-electron chi connectivity index (χ0n) is 8.43. The van der Waals surface area contributed by atoms with Crippen LogP contribution < -0.4 is 16.6 Å². The lowest BCUT2D eigenvalue weighted by atomic mass is 10.1. The molecule has 1 fully saturated rings. The first-order valence-corrected chi connectivity index (χ1v) is 4.98. The third-order valence-corrected chi connectivity index (χ3v) is 2.78. The summed E-state index contributed by atoms with van der Waals surface area (Å²) in [7, 11) is 0. The second-order valence-corrected chi connectivity index (χ2v) is 3.84. The van der Waals surface area contributed by atoms with Crippen LogP contribution in [0.3, 0.4) is 0 Å². The van der Waals surface area contributed by atoms with Gasteiger partial charge < -0.3 is 20.5 Å². The van der Waals surface area contributed by atoms with Gasteiger partial charge in [-0.15, -0.1) is 0 Å². The summed E-state index contributed by atoms with van der Waals surface area (Å²) in [5.41, 5.74) is -0.687. The Bertz CT molecular complexity index is 480. The van der Waals surface area contributed by atoms with E-state index in [2.05, 4.69) is 15.3 Å². The van der Waals surface area contributed by atoms with E-state index in [1.807, 2.05) is 0 Å². The number of H-pyrrole nitrogens is 2. The van der Waals surface area contributed by atoms with Crippen molar-refractivity contribution >= 4 is 0 Å². The van der Waals surface area contributed by atoms with E-state index < -0.39 is 23.4 Å². The molecule has 1 aromatic rings. The predicted octanol–water partition coefficient (Wildman–Crippen LogP) is -2.18. The van der Waals surface area contributed by atoms with E-state index in [1.165, 1.54) is 6.20 Å². The van der Waals surface area contributed by atoms with Crippen LogP contribution in [0.25, 0.3) is 0 Å². The molecule has 2 rings (SSSR count). The number of aliphatic hydroxyl groups is 2. The van der Waals surface area contributed by atoms with Crippen molar-refractivity contribution in [1.29, 1.82) is 0 Å². The van der Waals surface area contributed by atoms with Gasteiger partial charge >= 0.3 is 5.69 Å². The third-order valence-electron chi connectivity index (χ3n) is 2.78. The van der Waals surface area contributed by atoms with Crippen molar-refractivity contribution < 1.29 is 10.2 Å². The van der Waals surface area contributed by atoms with Crippen LogP contribution in [0.1, 0.15) is 18.0 Å². The Morgan fingerprint density at radius 3 is 2.75 bits per heavy atom. The van der Waals surface area contributed by atoms with Crippen LogP contribution in [0.5, 0.6) is 0 Å². The number of nitrogens with one attached hydrogen (secondary N) is 3. The average molecular weight is 227 g/mol. The molecule has 7 nitrogen and oxygen atoms in total. The zero-order chi connectivity index (χ0) is 11.7. The summed E-state index contributed by atoms with van der Waals surface area (Å²) in [4.78, 5) is 26.8. The van der Waals surface area contributed by atoms with Crippen molar-refractivity contribution in [3.8, 4) is 0 Å². The predicted molar refractivity (Wildman–Crippen MR) is 55.1 cm³/mol. The molecule has 3 atom stereocenters. The highest BCUT2D eigenvalue weighted by atomic mass is 16.3. The molecule has 1 saturated heterocycles. The van der Waals surface area contributed by atoms with Crippen molar-refractivity contribution in [2.24, 2.45) is 0 Å². The van der Waals surface area contributed by atoms with E-state index >= 15 is 0 Å². The van der Waals surface area contributed by atoms with Crippen LogP contribution in [0.15, 0.2) is 15.8 Å². The van der Waals surface area contributed by atoms with Crippen LogP contribution in [0.2, 0.25) is 0 Å². The van der Waals surface area contributed by atoms with E-state index in [-0.39, 0.29) is 12.6 Å². The lowest BCUT2D eigenvalue weighted by Gasteiger charge is -2.11. The second-order valence-electron chi connectivity index (χ2n) is 3.84. The molecule has 0 radical (unpaired) electrons. The zero-order valence-corrected chi connectivity index (χ0v) is 8.43. The Hall–Kier alpha value is -1.44. The van der Waals surface area contributed by atoms with Crippen molar-refractivity contribution in [2.75, 3.05) is 6.61 Å². The second kappa shape index (κ2) is 4.20. The smallest absolute Gasteiger partial charge is 0.325 e. The summed E-state index contributed by atoms with van der Waals surface area (Å²) in [6.07, 6.45) is 0.965. The highest BCUT2D eigenvalue weighted by Gasteiger charge is 2.33. The summed E-state index contributed by atoms with van der Waals surface area (Å²) in [5.74, 6) is 0. The van der Waals surface area contributed by atoms with Crippen molar-refractivity contribution in [1.82, 2.24) is 15.3 Å².